The maximum atomic E-state index is 14.1. The first-order valence-corrected chi connectivity index (χ1v) is 13.5. The summed E-state index contributed by atoms with van der Waals surface area (Å²) in [6.45, 7) is 4.94. The minimum atomic E-state index is -2.76. The lowest BCUT2D eigenvalue weighted by Gasteiger charge is -2.31. The smallest absolute Gasteiger partial charge is 0.322 e. The number of alkyl halides is 2. The van der Waals surface area contributed by atoms with E-state index in [2.05, 4.69) is 25.5 Å². The highest BCUT2D eigenvalue weighted by molar-refractivity contribution is 5.78. The van der Waals surface area contributed by atoms with Crippen LogP contribution in [0, 0.1) is 5.92 Å². The maximum Gasteiger partial charge on any atom is 0.322 e. The molecule has 2 aliphatic rings. The van der Waals surface area contributed by atoms with Gasteiger partial charge in [0.1, 0.15) is 17.7 Å². The van der Waals surface area contributed by atoms with E-state index >= 15 is 0 Å². The number of fused-ring (bicyclic) bond motifs is 1. The third-order valence-electron chi connectivity index (χ3n) is 7.48. The zero-order valence-corrected chi connectivity index (χ0v) is 22.3. The van der Waals surface area contributed by atoms with Crippen molar-refractivity contribution in [1.29, 1.82) is 0 Å². The first-order chi connectivity index (χ1) is 18.9. The number of ether oxygens (including phenoxy) is 2. The highest BCUT2D eigenvalue weighted by Gasteiger charge is 2.26. The van der Waals surface area contributed by atoms with Crippen LogP contribution < -0.4 is 15.5 Å². The first-order valence-electron chi connectivity index (χ1n) is 13.5. The molecule has 1 aliphatic carbocycles. The molecule has 5 rings (SSSR count). The molecule has 3 aromatic rings. The van der Waals surface area contributed by atoms with Gasteiger partial charge in [-0.3, -0.25) is 9.36 Å². The van der Waals surface area contributed by atoms with Gasteiger partial charge in [-0.15, -0.1) is 0 Å². The Balaban J connectivity index is 1.35. The van der Waals surface area contributed by atoms with Crippen molar-refractivity contribution < 1.29 is 23.0 Å². The Morgan fingerprint density at radius 2 is 1.82 bits per heavy atom. The SMILES string of the molecule is COC(=O)C(C)NC1CCC(CNc2nc(N3CCOCC3)cc(-n3c(C(F)F)nc4ccccc43)n2)CC1. The Morgan fingerprint density at radius 1 is 1.10 bits per heavy atom. The summed E-state index contributed by atoms with van der Waals surface area (Å²) in [5, 5.41) is 6.73. The normalized spacial score (nSPS) is 20.8. The molecule has 0 radical (unpaired) electrons. The van der Waals surface area contributed by atoms with Gasteiger partial charge in [0.2, 0.25) is 5.95 Å². The Labute approximate surface area is 226 Å². The van der Waals surface area contributed by atoms with Crippen LogP contribution in [0.25, 0.3) is 16.9 Å². The topological polar surface area (TPSA) is 106 Å². The molecule has 2 aromatic heterocycles. The van der Waals surface area contributed by atoms with Gasteiger partial charge < -0.3 is 25.0 Å². The van der Waals surface area contributed by atoms with Crippen molar-refractivity contribution in [3.63, 3.8) is 0 Å². The predicted molar refractivity (Wildman–Crippen MR) is 143 cm³/mol. The van der Waals surface area contributed by atoms with Crippen molar-refractivity contribution >= 4 is 28.8 Å². The van der Waals surface area contributed by atoms with Crippen LogP contribution in [0.3, 0.4) is 0 Å². The van der Waals surface area contributed by atoms with E-state index in [1.54, 1.807) is 30.3 Å². The average Bonchev–Trinajstić information content (AvgIpc) is 3.37. The number of imidazole rings is 1. The maximum absolute atomic E-state index is 14.1. The van der Waals surface area contributed by atoms with E-state index in [1.807, 2.05) is 6.92 Å². The molecule has 2 fully saturated rings. The second-order valence-electron chi connectivity index (χ2n) is 10.1. The van der Waals surface area contributed by atoms with Crippen molar-refractivity contribution in [3.8, 4) is 5.82 Å². The van der Waals surface area contributed by atoms with E-state index in [4.69, 9.17) is 14.5 Å². The Bertz CT molecular complexity index is 1270. The average molecular weight is 544 g/mol. The van der Waals surface area contributed by atoms with E-state index < -0.39 is 6.43 Å². The third kappa shape index (κ3) is 6.27. The van der Waals surface area contributed by atoms with Crippen LogP contribution in [-0.2, 0) is 14.3 Å². The van der Waals surface area contributed by atoms with E-state index in [-0.39, 0.29) is 23.9 Å². The highest BCUT2D eigenvalue weighted by Crippen LogP contribution is 2.30. The Kier molecular flexibility index (Phi) is 8.51. The second-order valence-corrected chi connectivity index (χ2v) is 10.1. The number of aromatic nitrogens is 4. The van der Waals surface area contributed by atoms with Crippen LogP contribution in [0.1, 0.15) is 44.9 Å². The molecule has 0 amide bonds. The number of morpholine rings is 1. The van der Waals surface area contributed by atoms with Crippen molar-refractivity contribution in [2.45, 2.75) is 51.1 Å². The van der Waals surface area contributed by atoms with E-state index in [0.717, 1.165) is 25.7 Å². The molecule has 1 aromatic carbocycles. The van der Waals surface area contributed by atoms with Gasteiger partial charge in [-0.05, 0) is 50.7 Å². The number of methoxy groups -OCH3 is 1. The molecule has 39 heavy (non-hydrogen) atoms. The zero-order valence-electron chi connectivity index (χ0n) is 22.3. The molecule has 2 N–H and O–H groups in total. The number of hydrogen-bond acceptors (Lipinski definition) is 9. The fraction of sp³-hybridized carbons (Fsp3) is 0.556. The Morgan fingerprint density at radius 3 is 2.54 bits per heavy atom. The first kappa shape index (κ1) is 27.2. The van der Waals surface area contributed by atoms with Crippen molar-refractivity contribution in [3.05, 3.63) is 36.2 Å². The molecule has 10 nitrogen and oxygen atoms in total. The molecule has 1 saturated heterocycles. The number of benzene rings is 1. The van der Waals surface area contributed by atoms with Gasteiger partial charge in [0.15, 0.2) is 5.82 Å². The summed E-state index contributed by atoms with van der Waals surface area (Å²) in [6, 6.07) is 8.75. The lowest BCUT2D eigenvalue weighted by molar-refractivity contribution is -0.142. The number of para-hydroxylation sites is 2. The van der Waals surface area contributed by atoms with E-state index in [1.165, 1.54) is 11.7 Å². The Hall–Kier alpha value is -3.38. The monoisotopic (exact) mass is 543 g/mol. The minimum Gasteiger partial charge on any atom is -0.468 e. The largest absolute Gasteiger partial charge is 0.468 e. The number of carbonyl (C=O) groups excluding carboxylic acids is 1. The summed E-state index contributed by atoms with van der Waals surface area (Å²) in [6.07, 6.45) is 1.10. The van der Waals surface area contributed by atoms with Crippen LogP contribution in [0.2, 0.25) is 0 Å². The lowest BCUT2D eigenvalue weighted by Crippen LogP contribution is -2.44. The predicted octanol–water partition coefficient (Wildman–Crippen LogP) is 3.71. The number of nitrogens with zero attached hydrogens (tertiary/aromatic N) is 5. The number of hydrogen-bond donors (Lipinski definition) is 2. The number of nitrogens with one attached hydrogen (secondary N) is 2. The van der Waals surface area contributed by atoms with Crippen LogP contribution in [-0.4, -0.2) is 77.5 Å². The van der Waals surface area contributed by atoms with Crippen LogP contribution in [0.5, 0.6) is 0 Å². The third-order valence-corrected chi connectivity index (χ3v) is 7.48. The quantitative estimate of drug-likeness (QED) is 0.391. The molecular weight excluding hydrogens is 508 g/mol. The standard InChI is InChI=1S/C27H35F2N7O3/c1-17(26(37)38-2)31-19-9-7-18(8-10-19)16-30-27-33-22(35-11-13-39-14-12-35)15-23(34-27)36-21-6-4-3-5-20(21)32-25(36)24(28)29/h3-6,15,17-19,24,31H,7-14,16H2,1-2H3,(H,30,33,34). The molecule has 1 aliphatic heterocycles. The van der Waals surface area contributed by atoms with Gasteiger partial charge >= 0.3 is 5.97 Å². The van der Waals surface area contributed by atoms with Crippen LogP contribution >= 0.6 is 0 Å². The lowest BCUT2D eigenvalue weighted by atomic mass is 9.85. The molecule has 210 valence electrons. The summed E-state index contributed by atoms with van der Waals surface area (Å²) in [7, 11) is 1.40. The molecule has 1 saturated carbocycles. The minimum absolute atomic E-state index is 0.257. The van der Waals surface area contributed by atoms with Crippen molar-refractivity contribution in [2.24, 2.45) is 5.92 Å². The second kappa shape index (κ2) is 12.2. The van der Waals surface area contributed by atoms with Gasteiger partial charge in [-0.25, -0.2) is 13.8 Å². The molecule has 12 heteroatoms. The van der Waals surface area contributed by atoms with Gasteiger partial charge in [-0.1, -0.05) is 12.1 Å². The molecule has 0 bridgehead atoms. The number of rotatable bonds is 9. The van der Waals surface area contributed by atoms with Gasteiger partial charge in [0, 0.05) is 31.7 Å². The summed E-state index contributed by atoms with van der Waals surface area (Å²) in [5.41, 5.74) is 1.05. The number of carbonyl (C=O) groups is 1. The molecule has 0 spiro atoms. The number of halogens is 2. The van der Waals surface area contributed by atoms with Crippen LogP contribution in [0.15, 0.2) is 30.3 Å². The summed E-state index contributed by atoms with van der Waals surface area (Å²) in [4.78, 5) is 27.4. The van der Waals surface area contributed by atoms with Crippen LogP contribution in [0.4, 0.5) is 20.5 Å². The van der Waals surface area contributed by atoms with E-state index in [0.29, 0.717) is 67.4 Å². The molecule has 1 unspecified atom stereocenters. The van der Waals surface area contributed by atoms with E-state index in [9.17, 15) is 13.6 Å². The fourth-order valence-electron chi connectivity index (χ4n) is 5.37. The number of esters is 1. The fourth-order valence-corrected chi connectivity index (χ4v) is 5.37. The van der Waals surface area contributed by atoms with Gasteiger partial charge in [0.25, 0.3) is 6.43 Å². The van der Waals surface area contributed by atoms with Gasteiger partial charge in [0.05, 0.1) is 31.4 Å². The summed E-state index contributed by atoms with van der Waals surface area (Å²) < 4.78 is 39.9. The zero-order chi connectivity index (χ0) is 27.4. The van der Waals surface area contributed by atoms with Gasteiger partial charge in [-0.2, -0.15) is 9.97 Å². The number of anilines is 2. The summed E-state index contributed by atoms with van der Waals surface area (Å²) >= 11 is 0. The van der Waals surface area contributed by atoms with Crippen molar-refractivity contribution in [1.82, 2.24) is 24.8 Å². The molecule has 1 atom stereocenters. The summed E-state index contributed by atoms with van der Waals surface area (Å²) in [5.74, 6) is 1.21. The molecule has 3 heterocycles. The highest BCUT2D eigenvalue weighted by atomic mass is 19.3. The molecular formula is C27H35F2N7O3. The van der Waals surface area contributed by atoms with Crippen molar-refractivity contribution in [2.75, 3.05) is 50.2 Å².